The summed E-state index contributed by atoms with van der Waals surface area (Å²) in [6.45, 7) is 7.28. The molecular formula is C20H25FN2O4S. The molecule has 0 unspecified atom stereocenters. The molecule has 6 nitrogen and oxygen atoms in total. The Balaban J connectivity index is 2.05. The molecule has 0 fully saturated rings. The maximum absolute atomic E-state index is 13.0. The second kappa shape index (κ2) is 9.16. The van der Waals surface area contributed by atoms with Gasteiger partial charge in [-0.1, -0.05) is 12.1 Å². The van der Waals surface area contributed by atoms with Crippen LogP contribution in [-0.4, -0.2) is 27.0 Å². The number of nitrogens with one attached hydrogen (secondary N) is 2. The average molecular weight is 408 g/mol. The van der Waals surface area contributed by atoms with Gasteiger partial charge in [0.1, 0.15) is 11.6 Å². The molecule has 0 saturated carbocycles. The van der Waals surface area contributed by atoms with E-state index in [1.54, 1.807) is 32.0 Å². The molecule has 0 heterocycles. The van der Waals surface area contributed by atoms with Crippen molar-refractivity contribution in [3.05, 3.63) is 59.4 Å². The Kier molecular flexibility index (Phi) is 7.15. The Labute approximate surface area is 165 Å². The molecule has 0 saturated heterocycles. The number of hydrogen-bond donors (Lipinski definition) is 2. The lowest BCUT2D eigenvalue weighted by molar-refractivity contribution is -0.123. The van der Waals surface area contributed by atoms with Crippen LogP contribution in [-0.2, 0) is 14.8 Å². The molecule has 1 amide bonds. The van der Waals surface area contributed by atoms with Gasteiger partial charge in [-0.05, 0) is 69.2 Å². The van der Waals surface area contributed by atoms with Crippen molar-refractivity contribution in [2.24, 2.45) is 0 Å². The van der Waals surface area contributed by atoms with E-state index in [9.17, 15) is 17.6 Å². The molecule has 28 heavy (non-hydrogen) atoms. The highest BCUT2D eigenvalue weighted by molar-refractivity contribution is 7.89. The molecule has 0 aliphatic heterocycles. The zero-order chi connectivity index (χ0) is 20.9. The van der Waals surface area contributed by atoms with Gasteiger partial charge in [-0.15, -0.1) is 0 Å². The summed E-state index contributed by atoms with van der Waals surface area (Å²) in [7, 11) is -3.88. The van der Waals surface area contributed by atoms with Crippen LogP contribution in [0.4, 0.5) is 4.39 Å². The number of aryl methyl sites for hydroxylation is 1. The van der Waals surface area contributed by atoms with Crippen molar-refractivity contribution in [3.63, 3.8) is 0 Å². The lowest BCUT2D eigenvalue weighted by atomic mass is 10.1. The van der Waals surface area contributed by atoms with Gasteiger partial charge in [-0.2, -0.15) is 4.72 Å². The second-order valence-electron chi connectivity index (χ2n) is 6.49. The van der Waals surface area contributed by atoms with Gasteiger partial charge in [0.25, 0.3) is 0 Å². The smallest absolute Gasteiger partial charge is 0.241 e. The summed E-state index contributed by atoms with van der Waals surface area (Å²) in [5, 5.41) is 2.72. The van der Waals surface area contributed by atoms with E-state index >= 15 is 0 Å². The predicted molar refractivity (Wildman–Crippen MR) is 105 cm³/mol. The van der Waals surface area contributed by atoms with Crippen molar-refractivity contribution in [1.29, 1.82) is 0 Å². The predicted octanol–water partition coefficient (Wildman–Crippen LogP) is 3.08. The third-order valence-corrected chi connectivity index (χ3v) is 5.75. The van der Waals surface area contributed by atoms with Crippen molar-refractivity contribution in [2.75, 3.05) is 6.61 Å². The summed E-state index contributed by atoms with van der Waals surface area (Å²) in [5.41, 5.74) is 1.40. The van der Waals surface area contributed by atoms with Crippen LogP contribution in [0.5, 0.6) is 5.75 Å². The summed E-state index contributed by atoms with van der Waals surface area (Å²) in [5.74, 6) is -0.238. The third-order valence-electron chi connectivity index (χ3n) is 4.21. The Morgan fingerprint density at radius 1 is 1.14 bits per heavy atom. The monoisotopic (exact) mass is 408 g/mol. The van der Waals surface area contributed by atoms with Crippen LogP contribution < -0.4 is 14.8 Å². The quantitative estimate of drug-likeness (QED) is 0.703. The van der Waals surface area contributed by atoms with Crippen molar-refractivity contribution < 1.29 is 22.3 Å². The van der Waals surface area contributed by atoms with Crippen molar-refractivity contribution in [1.82, 2.24) is 10.0 Å². The van der Waals surface area contributed by atoms with Gasteiger partial charge in [-0.3, -0.25) is 4.79 Å². The van der Waals surface area contributed by atoms with Crippen LogP contribution in [0.15, 0.2) is 47.4 Å². The van der Waals surface area contributed by atoms with Crippen LogP contribution >= 0.6 is 0 Å². The first-order valence-corrected chi connectivity index (χ1v) is 10.4. The third kappa shape index (κ3) is 5.53. The summed E-state index contributed by atoms with van der Waals surface area (Å²) < 4.78 is 46.0. The van der Waals surface area contributed by atoms with Gasteiger partial charge >= 0.3 is 0 Å². The summed E-state index contributed by atoms with van der Waals surface area (Å²) in [6, 6.07) is 8.89. The number of amides is 1. The van der Waals surface area contributed by atoms with E-state index in [-0.39, 0.29) is 10.7 Å². The van der Waals surface area contributed by atoms with Crippen LogP contribution in [0.2, 0.25) is 0 Å². The highest BCUT2D eigenvalue weighted by Gasteiger charge is 2.23. The Hall–Kier alpha value is -2.45. The van der Waals surface area contributed by atoms with Gasteiger partial charge in [0.2, 0.25) is 15.9 Å². The fraction of sp³-hybridized carbons (Fsp3) is 0.350. The van der Waals surface area contributed by atoms with Gasteiger partial charge in [-0.25, -0.2) is 12.8 Å². The number of hydrogen-bond acceptors (Lipinski definition) is 4. The first kappa shape index (κ1) is 21.8. The standard InChI is InChI=1S/C20H25FN2O4S/c1-5-27-19-11-10-18(12-13(19)2)28(25,26)23-15(4)20(24)22-14(3)16-6-8-17(21)9-7-16/h6-12,14-15,23H,5H2,1-4H3,(H,22,24)/t14-,15+/m0/s1. The van der Waals surface area contributed by atoms with Crippen molar-refractivity contribution >= 4 is 15.9 Å². The maximum Gasteiger partial charge on any atom is 0.241 e. The van der Waals surface area contributed by atoms with Gasteiger partial charge in [0.15, 0.2) is 0 Å². The topological polar surface area (TPSA) is 84.5 Å². The molecule has 0 aliphatic rings. The minimum atomic E-state index is -3.88. The lowest BCUT2D eigenvalue weighted by Gasteiger charge is -2.19. The van der Waals surface area contributed by atoms with Gasteiger partial charge < -0.3 is 10.1 Å². The molecule has 2 atom stereocenters. The van der Waals surface area contributed by atoms with E-state index in [0.29, 0.717) is 23.5 Å². The Bertz CT molecular complexity index is 930. The molecule has 0 bridgehead atoms. The highest BCUT2D eigenvalue weighted by atomic mass is 32.2. The number of carbonyl (C=O) groups is 1. The van der Waals surface area contributed by atoms with E-state index < -0.39 is 28.0 Å². The number of rotatable bonds is 8. The molecule has 8 heteroatoms. The zero-order valence-corrected chi connectivity index (χ0v) is 17.1. The highest BCUT2D eigenvalue weighted by Crippen LogP contribution is 2.22. The van der Waals surface area contributed by atoms with Crippen LogP contribution in [0, 0.1) is 12.7 Å². The van der Waals surface area contributed by atoms with Gasteiger partial charge in [0, 0.05) is 0 Å². The molecule has 0 aromatic heterocycles. The van der Waals surface area contributed by atoms with E-state index in [1.807, 2.05) is 6.92 Å². The first-order chi connectivity index (χ1) is 13.1. The van der Waals surface area contributed by atoms with E-state index in [4.69, 9.17) is 4.74 Å². The molecule has 2 aromatic rings. The molecule has 0 aliphatic carbocycles. The van der Waals surface area contributed by atoms with E-state index in [0.717, 1.165) is 0 Å². The Morgan fingerprint density at radius 2 is 1.79 bits per heavy atom. The lowest BCUT2D eigenvalue weighted by Crippen LogP contribution is -2.45. The Morgan fingerprint density at radius 3 is 2.36 bits per heavy atom. The number of sulfonamides is 1. The molecule has 2 N–H and O–H groups in total. The van der Waals surface area contributed by atoms with Crippen molar-refractivity contribution in [3.8, 4) is 5.75 Å². The van der Waals surface area contributed by atoms with Gasteiger partial charge in [0.05, 0.1) is 23.6 Å². The summed E-state index contributed by atoms with van der Waals surface area (Å²) in [6.07, 6.45) is 0. The number of carbonyl (C=O) groups excluding carboxylic acids is 1. The van der Waals surface area contributed by atoms with Crippen LogP contribution in [0.1, 0.15) is 37.9 Å². The second-order valence-corrected chi connectivity index (χ2v) is 8.20. The summed E-state index contributed by atoms with van der Waals surface area (Å²) in [4.78, 5) is 12.4. The minimum absolute atomic E-state index is 0.0553. The van der Waals surface area contributed by atoms with Crippen LogP contribution in [0.25, 0.3) is 0 Å². The largest absolute Gasteiger partial charge is 0.494 e. The molecular weight excluding hydrogens is 383 g/mol. The van der Waals surface area contributed by atoms with Crippen LogP contribution in [0.3, 0.4) is 0 Å². The molecule has 0 radical (unpaired) electrons. The molecule has 2 rings (SSSR count). The zero-order valence-electron chi connectivity index (χ0n) is 16.3. The fourth-order valence-electron chi connectivity index (χ4n) is 2.63. The number of halogens is 1. The SMILES string of the molecule is CCOc1ccc(S(=O)(=O)N[C@H](C)C(=O)N[C@@H](C)c2ccc(F)cc2)cc1C. The first-order valence-electron chi connectivity index (χ1n) is 8.95. The van der Waals surface area contributed by atoms with Crippen molar-refractivity contribution in [2.45, 2.75) is 44.7 Å². The minimum Gasteiger partial charge on any atom is -0.494 e. The molecule has 0 spiro atoms. The van der Waals surface area contributed by atoms with E-state index in [2.05, 4.69) is 10.0 Å². The number of benzene rings is 2. The average Bonchev–Trinajstić information content (AvgIpc) is 2.63. The normalized spacial score (nSPS) is 13.6. The fourth-order valence-corrected chi connectivity index (χ4v) is 3.92. The van der Waals surface area contributed by atoms with E-state index in [1.165, 1.54) is 31.2 Å². The molecule has 152 valence electrons. The number of ether oxygens (including phenoxy) is 1. The summed E-state index contributed by atoms with van der Waals surface area (Å²) >= 11 is 0. The maximum atomic E-state index is 13.0. The molecule has 2 aromatic carbocycles.